The van der Waals surface area contributed by atoms with Crippen LogP contribution in [0.2, 0.25) is 0 Å². The summed E-state index contributed by atoms with van der Waals surface area (Å²) in [5.41, 5.74) is 3.77. The molecule has 0 saturated carbocycles. The van der Waals surface area contributed by atoms with Crippen LogP contribution in [0.3, 0.4) is 0 Å². The summed E-state index contributed by atoms with van der Waals surface area (Å²) in [6.45, 7) is 3.94. The summed E-state index contributed by atoms with van der Waals surface area (Å²) < 4.78 is 0. The highest BCUT2D eigenvalue weighted by Crippen LogP contribution is 2.18. The van der Waals surface area contributed by atoms with Gasteiger partial charge in [0.05, 0.1) is 5.69 Å². The molecule has 4 heteroatoms. The van der Waals surface area contributed by atoms with Crippen LogP contribution in [0, 0.1) is 13.8 Å². The fraction of sp³-hybridized carbons (Fsp3) is 0.125. The molecule has 0 saturated heterocycles. The van der Waals surface area contributed by atoms with Crippen molar-refractivity contribution >= 4 is 23.4 Å². The molecule has 0 aliphatic carbocycles. The first kappa shape index (κ1) is 13.7. The molecule has 0 radical (unpaired) electrons. The first-order valence-corrected chi connectivity index (χ1v) is 6.16. The number of carbonyl (C=O) groups is 1. The second kappa shape index (κ2) is 5.95. The van der Waals surface area contributed by atoms with E-state index in [0.29, 0.717) is 11.3 Å². The number of isocyanates is 1. The van der Waals surface area contributed by atoms with E-state index in [4.69, 9.17) is 0 Å². The third-order valence-corrected chi connectivity index (χ3v) is 2.91. The van der Waals surface area contributed by atoms with Crippen LogP contribution >= 0.6 is 0 Å². The van der Waals surface area contributed by atoms with Crippen molar-refractivity contribution < 1.29 is 9.59 Å². The minimum absolute atomic E-state index is 0.236. The molecule has 2 aromatic rings. The van der Waals surface area contributed by atoms with Gasteiger partial charge in [0.2, 0.25) is 6.08 Å². The number of benzene rings is 2. The van der Waals surface area contributed by atoms with Crippen molar-refractivity contribution in [3.63, 3.8) is 0 Å². The number of hydrogen-bond acceptors (Lipinski definition) is 3. The van der Waals surface area contributed by atoms with Gasteiger partial charge >= 0.3 is 0 Å². The number of rotatable bonds is 3. The molecule has 1 amide bonds. The molecule has 2 aromatic carbocycles. The average Bonchev–Trinajstić information content (AvgIpc) is 2.42. The van der Waals surface area contributed by atoms with E-state index in [-0.39, 0.29) is 5.91 Å². The lowest BCUT2D eigenvalue weighted by atomic mass is 10.1. The van der Waals surface area contributed by atoms with Crippen molar-refractivity contribution in [3.8, 4) is 0 Å². The zero-order valence-electron chi connectivity index (χ0n) is 11.3. The van der Waals surface area contributed by atoms with Crippen molar-refractivity contribution in [1.29, 1.82) is 0 Å². The predicted octanol–water partition coefficient (Wildman–Crippen LogP) is 3.52. The standard InChI is InChI=1S/C16H14N2O2/c1-11-6-7-15(12(2)8-11)18-16(20)13-4-3-5-14(9-13)17-10-19/h3-9H,1-2H3,(H,18,20). The molecule has 0 heterocycles. The Kier molecular flexibility index (Phi) is 4.08. The Bertz CT molecular complexity index is 701. The molecule has 20 heavy (non-hydrogen) atoms. The lowest BCUT2D eigenvalue weighted by molar-refractivity contribution is 0.102. The lowest BCUT2D eigenvalue weighted by Crippen LogP contribution is -2.12. The van der Waals surface area contributed by atoms with Crippen molar-refractivity contribution in [3.05, 3.63) is 59.2 Å². The highest BCUT2D eigenvalue weighted by atomic mass is 16.1. The number of aliphatic imine (C=N–C) groups is 1. The minimum Gasteiger partial charge on any atom is -0.322 e. The maximum atomic E-state index is 12.2. The second-order valence-corrected chi connectivity index (χ2v) is 4.53. The van der Waals surface area contributed by atoms with Gasteiger partial charge in [0.1, 0.15) is 0 Å². The first-order chi connectivity index (χ1) is 9.60. The first-order valence-electron chi connectivity index (χ1n) is 6.16. The van der Waals surface area contributed by atoms with Gasteiger partial charge in [-0.25, -0.2) is 4.79 Å². The molecule has 0 atom stereocenters. The number of anilines is 1. The van der Waals surface area contributed by atoms with Crippen LogP contribution in [0.25, 0.3) is 0 Å². The number of nitrogens with one attached hydrogen (secondary N) is 1. The predicted molar refractivity (Wildman–Crippen MR) is 78.1 cm³/mol. The Balaban J connectivity index is 2.23. The van der Waals surface area contributed by atoms with E-state index < -0.39 is 0 Å². The van der Waals surface area contributed by atoms with Gasteiger partial charge in [-0.1, -0.05) is 23.8 Å². The normalized spacial score (nSPS) is 9.70. The van der Waals surface area contributed by atoms with E-state index in [1.807, 2.05) is 32.0 Å². The van der Waals surface area contributed by atoms with Crippen LogP contribution in [-0.4, -0.2) is 12.0 Å². The van der Waals surface area contributed by atoms with Gasteiger partial charge in [0.25, 0.3) is 5.91 Å². The maximum Gasteiger partial charge on any atom is 0.255 e. The fourth-order valence-electron chi connectivity index (χ4n) is 1.92. The fourth-order valence-corrected chi connectivity index (χ4v) is 1.92. The molecule has 0 spiro atoms. The highest BCUT2D eigenvalue weighted by molar-refractivity contribution is 6.05. The quantitative estimate of drug-likeness (QED) is 0.682. The van der Waals surface area contributed by atoms with E-state index in [0.717, 1.165) is 16.8 Å². The zero-order valence-corrected chi connectivity index (χ0v) is 11.3. The summed E-state index contributed by atoms with van der Waals surface area (Å²) in [5, 5.41) is 2.84. The molecular weight excluding hydrogens is 252 g/mol. The number of hydrogen-bond donors (Lipinski definition) is 1. The highest BCUT2D eigenvalue weighted by Gasteiger charge is 2.08. The molecule has 0 unspecified atom stereocenters. The molecule has 0 fully saturated rings. The van der Waals surface area contributed by atoms with Crippen LogP contribution < -0.4 is 5.32 Å². The lowest BCUT2D eigenvalue weighted by Gasteiger charge is -2.09. The summed E-state index contributed by atoms with van der Waals surface area (Å²) in [5.74, 6) is -0.236. The Labute approximate surface area is 117 Å². The Morgan fingerprint density at radius 1 is 1.15 bits per heavy atom. The summed E-state index contributed by atoms with van der Waals surface area (Å²) in [6.07, 6.45) is 1.46. The van der Waals surface area contributed by atoms with Gasteiger partial charge in [-0.3, -0.25) is 4.79 Å². The molecular formula is C16H14N2O2. The summed E-state index contributed by atoms with van der Waals surface area (Å²) in [7, 11) is 0. The number of carbonyl (C=O) groups excluding carboxylic acids is 2. The van der Waals surface area contributed by atoms with E-state index in [1.54, 1.807) is 24.3 Å². The van der Waals surface area contributed by atoms with Crippen molar-refractivity contribution in [2.24, 2.45) is 4.99 Å². The molecule has 0 aromatic heterocycles. The van der Waals surface area contributed by atoms with Crippen LogP contribution in [0.15, 0.2) is 47.5 Å². The third kappa shape index (κ3) is 3.19. The maximum absolute atomic E-state index is 12.2. The molecule has 0 aliphatic heterocycles. The molecule has 0 aliphatic rings. The van der Waals surface area contributed by atoms with Crippen LogP contribution in [0.5, 0.6) is 0 Å². The summed E-state index contributed by atoms with van der Waals surface area (Å²) in [6, 6.07) is 12.3. The van der Waals surface area contributed by atoms with Crippen molar-refractivity contribution in [2.45, 2.75) is 13.8 Å². The third-order valence-electron chi connectivity index (χ3n) is 2.91. The zero-order chi connectivity index (χ0) is 14.5. The van der Waals surface area contributed by atoms with E-state index in [2.05, 4.69) is 10.3 Å². The minimum atomic E-state index is -0.236. The van der Waals surface area contributed by atoms with Crippen molar-refractivity contribution in [1.82, 2.24) is 0 Å². The summed E-state index contributed by atoms with van der Waals surface area (Å²) >= 11 is 0. The van der Waals surface area contributed by atoms with Crippen molar-refractivity contribution in [2.75, 3.05) is 5.32 Å². The average molecular weight is 266 g/mol. The van der Waals surface area contributed by atoms with Gasteiger partial charge in [-0.2, -0.15) is 4.99 Å². The number of aryl methyl sites for hydroxylation is 2. The van der Waals surface area contributed by atoms with Gasteiger partial charge in [-0.15, -0.1) is 0 Å². The monoisotopic (exact) mass is 266 g/mol. The summed E-state index contributed by atoms with van der Waals surface area (Å²) in [4.78, 5) is 25.9. The Hall–Kier alpha value is -2.71. The molecule has 4 nitrogen and oxygen atoms in total. The topological polar surface area (TPSA) is 58.5 Å². The number of nitrogens with zero attached hydrogens (tertiary/aromatic N) is 1. The van der Waals surface area contributed by atoms with Gasteiger partial charge in [0, 0.05) is 11.3 Å². The molecule has 100 valence electrons. The van der Waals surface area contributed by atoms with Gasteiger partial charge in [-0.05, 0) is 43.7 Å². The largest absolute Gasteiger partial charge is 0.322 e. The Morgan fingerprint density at radius 3 is 2.65 bits per heavy atom. The van der Waals surface area contributed by atoms with E-state index >= 15 is 0 Å². The van der Waals surface area contributed by atoms with Crippen LogP contribution in [0.4, 0.5) is 11.4 Å². The van der Waals surface area contributed by atoms with E-state index in [9.17, 15) is 9.59 Å². The van der Waals surface area contributed by atoms with Crippen LogP contribution in [-0.2, 0) is 4.79 Å². The smallest absolute Gasteiger partial charge is 0.255 e. The Morgan fingerprint density at radius 2 is 1.95 bits per heavy atom. The molecule has 2 rings (SSSR count). The second-order valence-electron chi connectivity index (χ2n) is 4.53. The molecule has 0 bridgehead atoms. The molecule has 1 N–H and O–H groups in total. The number of amides is 1. The SMILES string of the molecule is Cc1ccc(NC(=O)c2cccc(N=C=O)c2)c(C)c1. The van der Waals surface area contributed by atoms with Gasteiger partial charge in [0.15, 0.2) is 0 Å². The van der Waals surface area contributed by atoms with Gasteiger partial charge < -0.3 is 5.32 Å². The van der Waals surface area contributed by atoms with Crippen LogP contribution in [0.1, 0.15) is 21.5 Å². The van der Waals surface area contributed by atoms with E-state index in [1.165, 1.54) is 6.08 Å².